The zero-order valence-electron chi connectivity index (χ0n) is 34.1. The number of alkyl carbamates (subject to hydrolysis) is 2. The standard InChI is InChI=1S/C45H58N6O7/c1-6-25-56-39(38(27-34-19-11-8-12-20-34)49-43(53)41(32(4)5)51-45(55)58-30-36-22-14-16-24-47-36)28-37(26-33-17-9-7-10-18-33)48-42(52)40(31(2)3)50-44(54)57-29-35-21-13-15-23-46-35/h7-24,31-32,37-41H,6,25-30H2,1-5H3,(H,48,52)(H,49,53)(H,50,54)(H,51,55)/t37-,38-,39-,40-,41-/m0/s1. The molecule has 0 bridgehead atoms. The van der Waals surface area contributed by atoms with Crippen molar-refractivity contribution >= 4 is 24.0 Å². The summed E-state index contributed by atoms with van der Waals surface area (Å²) in [5.41, 5.74) is 3.12. The molecule has 0 aliphatic rings. The van der Waals surface area contributed by atoms with Crippen molar-refractivity contribution < 1.29 is 33.4 Å². The van der Waals surface area contributed by atoms with E-state index in [4.69, 9.17) is 14.2 Å². The summed E-state index contributed by atoms with van der Waals surface area (Å²) in [5.74, 6) is -1.33. The van der Waals surface area contributed by atoms with Crippen LogP contribution < -0.4 is 21.3 Å². The monoisotopic (exact) mass is 794 g/mol. The second kappa shape index (κ2) is 24.1. The molecule has 2 heterocycles. The first-order valence-corrected chi connectivity index (χ1v) is 20.0. The number of hydrogen-bond donors (Lipinski definition) is 4. The molecule has 13 heteroatoms. The van der Waals surface area contributed by atoms with Crippen molar-refractivity contribution in [3.8, 4) is 0 Å². The van der Waals surface area contributed by atoms with Gasteiger partial charge in [0.1, 0.15) is 25.3 Å². The maximum atomic E-state index is 14.2. The highest BCUT2D eigenvalue weighted by atomic mass is 16.6. The average Bonchev–Trinajstić information content (AvgIpc) is 3.22. The van der Waals surface area contributed by atoms with Crippen LogP contribution in [-0.2, 0) is 49.9 Å². The number of amides is 4. The van der Waals surface area contributed by atoms with E-state index in [1.165, 1.54) is 0 Å². The van der Waals surface area contributed by atoms with Gasteiger partial charge in [0.2, 0.25) is 11.8 Å². The molecule has 4 amide bonds. The summed E-state index contributed by atoms with van der Waals surface area (Å²) in [7, 11) is 0. The molecule has 58 heavy (non-hydrogen) atoms. The number of nitrogens with zero attached hydrogens (tertiary/aromatic N) is 2. The number of carbonyl (C=O) groups excluding carboxylic acids is 4. The Labute approximate surface area is 342 Å². The lowest BCUT2D eigenvalue weighted by molar-refractivity contribution is -0.127. The Balaban J connectivity index is 1.57. The minimum absolute atomic E-state index is 0.0414. The highest BCUT2D eigenvalue weighted by molar-refractivity contribution is 5.87. The van der Waals surface area contributed by atoms with Crippen molar-refractivity contribution in [1.29, 1.82) is 0 Å². The first-order valence-electron chi connectivity index (χ1n) is 20.0. The molecule has 0 aliphatic heterocycles. The summed E-state index contributed by atoms with van der Waals surface area (Å²) < 4.78 is 17.4. The van der Waals surface area contributed by atoms with E-state index in [-0.39, 0.29) is 31.0 Å². The molecule has 0 saturated heterocycles. The van der Waals surface area contributed by atoms with Gasteiger partial charge in [0.25, 0.3) is 0 Å². The number of nitrogens with one attached hydrogen (secondary N) is 4. The van der Waals surface area contributed by atoms with E-state index in [1.54, 1.807) is 48.8 Å². The fraction of sp³-hybridized carbons (Fsp3) is 0.422. The number of pyridine rings is 2. The van der Waals surface area contributed by atoms with Gasteiger partial charge in [-0.05, 0) is 72.9 Å². The summed E-state index contributed by atoms with van der Waals surface area (Å²) in [4.78, 5) is 62.5. The predicted molar refractivity (Wildman–Crippen MR) is 221 cm³/mol. The van der Waals surface area contributed by atoms with E-state index in [9.17, 15) is 19.2 Å². The Kier molecular flexibility index (Phi) is 18.6. The van der Waals surface area contributed by atoms with Crippen molar-refractivity contribution in [3.63, 3.8) is 0 Å². The summed E-state index contributed by atoms with van der Waals surface area (Å²) in [6, 6.07) is 27.3. The molecule has 0 unspecified atom stereocenters. The molecule has 0 aliphatic carbocycles. The molecule has 4 aromatic rings. The smallest absolute Gasteiger partial charge is 0.408 e. The topological polar surface area (TPSA) is 170 Å². The number of carbonyl (C=O) groups is 4. The number of aromatic nitrogens is 2. The molecule has 2 aromatic carbocycles. The first kappa shape index (κ1) is 44.9. The van der Waals surface area contributed by atoms with E-state index in [1.807, 2.05) is 95.3 Å². The molecule has 310 valence electrons. The second-order valence-corrected chi connectivity index (χ2v) is 14.9. The van der Waals surface area contributed by atoms with Gasteiger partial charge in [0.05, 0.1) is 23.5 Å². The second-order valence-electron chi connectivity index (χ2n) is 14.9. The van der Waals surface area contributed by atoms with Crippen LogP contribution in [0.2, 0.25) is 0 Å². The van der Waals surface area contributed by atoms with E-state index in [0.717, 1.165) is 17.5 Å². The van der Waals surface area contributed by atoms with Crippen molar-refractivity contribution in [3.05, 3.63) is 132 Å². The summed E-state index contributed by atoms with van der Waals surface area (Å²) in [5, 5.41) is 11.9. The Morgan fingerprint density at radius 1 is 0.586 bits per heavy atom. The van der Waals surface area contributed by atoms with E-state index in [0.29, 0.717) is 37.3 Å². The van der Waals surface area contributed by atoms with Crippen molar-refractivity contribution in [2.45, 2.75) is 104 Å². The third-order valence-corrected chi connectivity index (χ3v) is 9.40. The predicted octanol–water partition coefficient (Wildman–Crippen LogP) is 6.32. The normalized spacial score (nSPS) is 13.7. The molecule has 0 spiro atoms. The van der Waals surface area contributed by atoms with Crippen LogP contribution in [-0.4, -0.2) is 70.8 Å². The molecule has 4 rings (SSSR count). The zero-order valence-corrected chi connectivity index (χ0v) is 34.1. The van der Waals surface area contributed by atoms with Crippen molar-refractivity contribution in [2.24, 2.45) is 11.8 Å². The highest BCUT2D eigenvalue weighted by Gasteiger charge is 2.34. The van der Waals surface area contributed by atoms with Crippen LogP contribution in [0.25, 0.3) is 0 Å². The quantitative estimate of drug-likeness (QED) is 0.0712. The van der Waals surface area contributed by atoms with Gasteiger partial charge in [-0.1, -0.05) is 107 Å². The van der Waals surface area contributed by atoms with Gasteiger partial charge in [-0.25, -0.2) is 9.59 Å². The van der Waals surface area contributed by atoms with Gasteiger partial charge in [0, 0.05) is 25.0 Å². The Bertz CT molecular complexity index is 1820. The molecule has 2 aromatic heterocycles. The van der Waals surface area contributed by atoms with Crippen molar-refractivity contribution in [1.82, 2.24) is 31.2 Å². The minimum Gasteiger partial charge on any atom is -0.443 e. The van der Waals surface area contributed by atoms with Crippen LogP contribution in [0.15, 0.2) is 109 Å². The van der Waals surface area contributed by atoms with Crippen LogP contribution >= 0.6 is 0 Å². The Morgan fingerprint density at radius 2 is 1.05 bits per heavy atom. The highest BCUT2D eigenvalue weighted by Crippen LogP contribution is 2.19. The van der Waals surface area contributed by atoms with E-state index in [2.05, 4.69) is 31.2 Å². The zero-order chi connectivity index (χ0) is 41.7. The maximum absolute atomic E-state index is 14.2. The van der Waals surface area contributed by atoms with Crippen LogP contribution in [0, 0.1) is 11.8 Å². The van der Waals surface area contributed by atoms with Crippen molar-refractivity contribution in [2.75, 3.05) is 6.61 Å². The van der Waals surface area contributed by atoms with Gasteiger partial charge in [-0.15, -0.1) is 0 Å². The third-order valence-electron chi connectivity index (χ3n) is 9.40. The molecule has 0 radical (unpaired) electrons. The summed E-state index contributed by atoms with van der Waals surface area (Å²) in [6.45, 7) is 9.72. The van der Waals surface area contributed by atoms with E-state index < -0.39 is 48.4 Å². The fourth-order valence-corrected chi connectivity index (χ4v) is 6.35. The summed E-state index contributed by atoms with van der Waals surface area (Å²) >= 11 is 0. The molecule has 0 fully saturated rings. The number of benzene rings is 2. The van der Waals surface area contributed by atoms with Crippen LogP contribution in [0.4, 0.5) is 9.59 Å². The minimum atomic E-state index is -0.920. The van der Waals surface area contributed by atoms with Gasteiger partial charge in [-0.2, -0.15) is 0 Å². The lowest BCUT2D eigenvalue weighted by Gasteiger charge is -2.34. The van der Waals surface area contributed by atoms with E-state index >= 15 is 0 Å². The maximum Gasteiger partial charge on any atom is 0.408 e. The number of hydrogen-bond acceptors (Lipinski definition) is 9. The average molecular weight is 795 g/mol. The van der Waals surface area contributed by atoms with Gasteiger partial charge < -0.3 is 35.5 Å². The van der Waals surface area contributed by atoms with Gasteiger partial charge in [-0.3, -0.25) is 19.6 Å². The SMILES string of the molecule is CCCO[C@@H](C[C@H](Cc1ccccc1)NC(=O)[C@@H](NC(=O)OCc1ccccn1)C(C)C)[C@H](Cc1ccccc1)NC(=O)[C@@H](NC(=O)OCc1ccccn1)C(C)C. The third kappa shape index (κ3) is 15.6. The Morgan fingerprint density at radius 3 is 1.50 bits per heavy atom. The number of ether oxygens (including phenoxy) is 3. The molecular formula is C45H58N6O7. The summed E-state index contributed by atoms with van der Waals surface area (Å²) in [6.07, 6.45) is 3.09. The van der Waals surface area contributed by atoms with Crippen LogP contribution in [0.5, 0.6) is 0 Å². The number of rotatable bonds is 22. The first-order chi connectivity index (χ1) is 28.0. The molecule has 5 atom stereocenters. The molecule has 0 saturated carbocycles. The van der Waals surface area contributed by atoms with Crippen LogP contribution in [0.3, 0.4) is 0 Å². The molecular weight excluding hydrogens is 737 g/mol. The molecule has 13 nitrogen and oxygen atoms in total. The molecule has 4 N–H and O–H groups in total. The van der Waals surface area contributed by atoms with Crippen LogP contribution in [0.1, 0.15) is 70.0 Å². The fourth-order valence-electron chi connectivity index (χ4n) is 6.35. The lowest BCUT2D eigenvalue weighted by atomic mass is 9.92. The lowest BCUT2D eigenvalue weighted by Crippen LogP contribution is -2.57. The van der Waals surface area contributed by atoms with Gasteiger partial charge in [0.15, 0.2) is 0 Å². The largest absolute Gasteiger partial charge is 0.443 e. The van der Waals surface area contributed by atoms with Gasteiger partial charge >= 0.3 is 12.2 Å². The Hall–Kier alpha value is -5.82.